The highest BCUT2D eigenvalue weighted by Gasteiger charge is 2.23. The van der Waals surface area contributed by atoms with E-state index in [0.717, 1.165) is 5.69 Å². The van der Waals surface area contributed by atoms with Gasteiger partial charge in [-0.2, -0.15) is 0 Å². The van der Waals surface area contributed by atoms with Gasteiger partial charge in [-0.1, -0.05) is 78.4 Å². The van der Waals surface area contributed by atoms with Crippen molar-refractivity contribution >= 4 is 50.0 Å². The lowest BCUT2D eigenvalue weighted by Crippen LogP contribution is -2.96. The highest BCUT2D eigenvalue weighted by atomic mass is 15.1. The van der Waals surface area contributed by atoms with Crippen LogP contribution in [-0.2, 0) is 0 Å². The number of hydrogen-bond acceptors (Lipinski definition) is 1. The third kappa shape index (κ3) is 4.02. The molecule has 2 nitrogen and oxygen atoms in total. The minimum Gasteiger partial charge on any atom is -0.345 e. The van der Waals surface area contributed by atoms with Crippen LogP contribution in [-0.4, -0.2) is 7.05 Å². The summed E-state index contributed by atoms with van der Waals surface area (Å²) in [5.74, 6) is 0. The van der Waals surface area contributed by atoms with Crippen LogP contribution in [0.25, 0.3) is 21.5 Å². The summed E-state index contributed by atoms with van der Waals surface area (Å²) >= 11 is 0. The molecule has 0 unspecified atom stereocenters. The molecule has 0 amide bonds. The van der Waals surface area contributed by atoms with E-state index in [1.54, 1.807) is 0 Å². The van der Waals surface area contributed by atoms with Gasteiger partial charge in [-0.05, 0) is 54.1 Å². The Balaban J connectivity index is 1.51. The van der Waals surface area contributed by atoms with Crippen molar-refractivity contribution in [3.63, 3.8) is 0 Å². The summed E-state index contributed by atoms with van der Waals surface area (Å²) in [5, 5.41) is 5.04. The fourth-order valence-electron chi connectivity index (χ4n) is 5.11. The smallest absolute Gasteiger partial charge is 0.149 e. The van der Waals surface area contributed by atoms with Gasteiger partial charge in [0.25, 0.3) is 0 Å². The zero-order chi connectivity index (χ0) is 24.5. The first-order chi connectivity index (χ1) is 17.7. The first kappa shape index (κ1) is 22.1. The molecule has 1 N–H and O–H groups in total. The van der Waals surface area contributed by atoms with Crippen LogP contribution in [0.4, 0.5) is 28.4 Å². The number of nitrogens with one attached hydrogen (secondary N) is 1. The maximum Gasteiger partial charge on any atom is 0.149 e. The fraction of sp³-hybridized carbons (Fsp3) is 0.0588. The zero-order valence-corrected chi connectivity index (χ0v) is 20.6. The Bertz CT molecular complexity index is 1560. The molecule has 0 heterocycles. The Hall–Kier alpha value is -4.40. The molecule has 0 bridgehead atoms. The minimum atomic E-state index is 1.16. The average Bonchev–Trinajstić information content (AvgIpc) is 2.94. The minimum absolute atomic E-state index is 1.16. The zero-order valence-electron chi connectivity index (χ0n) is 20.6. The molecule has 0 saturated carbocycles. The second-order valence-corrected chi connectivity index (χ2v) is 9.37. The summed E-state index contributed by atoms with van der Waals surface area (Å²) in [6, 6.07) is 48.2. The highest BCUT2D eigenvalue weighted by molar-refractivity contribution is 5.94. The Morgan fingerprint density at radius 3 is 1.44 bits per heavy atom. The van der Waals surface area contributed by atoms with E-state index in [2.05, 4.69) is 152 Å². The molecular weight excluding hydrogens is 436 g/mol. The number of quaternary nitrogens is 1. The van der Waals surface area contributed by atoms with Gasteiger partial charge in [0.05, 0.1) is 0 Å². The molecule has 0 aliphatic heterocycles. The predicted molar refractivity (Wildman–Crippen MR) is 154 cm³/mol. The lowest BCUT2D eigenvalue weighted by molar-refractivity contribution is -0.678. The lowest BCUT2D eigenvalue weighted by atomic mass is 10.0. The Labute approximate surface area is 212 Å². The van der Waals surface area contributed by atoms with Crippen LogP contribution in [0.1, 0.15) is 5.56 Å². The van der Waals surface area contributed by atoms with Crippen molar-refractivity contribution in [2.75, 3.05) is 11.9 Å². The molecule has 0 spiro atoms. The van der Waals surface area contributed by atoms with Crippen LogP contribution in [0.2, 0.25) is 0 Å². The third-order valence-electron chi connectivity index (χ3n) is 7.08. The number of hydrogen-bond donors (Lipinski definition) is 1. The normalized spacial score (nSPS) is 11.3. The van der Waals surface area contributed by atoms with Gasteiger partial charge >= 0.3 is 0 Å². The van der Waals surface area contributed by atoms with E-state index in [4.69, 9.17) is 0 Å². The highest BCUT2D eigenvalue weighted by Crippen LogP contribution is 2.30. The van der Waals surface area contributed by atoms with Crippen molar-refractivity contribution in [3.05, 3.63) is 139 Å². The number of fused-ring (bicyclic) bond motifs is 2. The molecule has 6 rings (SSSR count). The molecule has 0 radical (unpaired) electrons. The van der Waals surface area contributed by atoms with E-state index in [9.17, 15) is 0 Å². The number of benzene rings is 6. The van der Waals surface area contributed by atoms with Crippen LogP contribution >= 0.6 is 0 Å². The van der Waals surface area contributed by atoms with Crippen molar-refractivity contribution in [1.29, 1.82) is 0 Å². The first-order valence-electron chi connectivity index (χ1n) is 12.4. The van der Waals surface area contributed by atoms with Crippen molar-refractivity contribution in [3.8, 4) is 0 Å². The molecule has 36 heavy (non-hydrogen) atoms. The van der Waals surface area contributed by atoms with Gasteiger partial charge < -0.3 is 4.90 Å². The number of nitrogens with zero attached hydrogens (tertiary/aromatic N) is 1. The summed E-state index contributed by atoms with van der Waals surface area (Å²) in [4.78, 5) is 3.49. The second kappa shape index (κ2) is 9.33. The van der Waals surface area contributed by atoms with Crippen LogP contribution in [0, 0.1) is 6.92 Å². The molecule has 0 aliphatic rings. The summed E-state index contributed by atoms with van der Waals surface area (Å²) < 4.78 is 0. The third-order valence-corrected chi connectivity index (χ3v) is 7.08. The van der Waals surface area contributed by atoms with E-state index in [1.165, 1.54) is 54.8 Å². The molecule has 6 aromatic rings. The quantitative estimate of drug-likeness (QED) is 0.269. The van der Waals surface area contributed by atoms with Gasteiger partial charge in [-0.25, -0.2) is 4.90 Å². The predicted octanol–water partition coefficient (Wildman–Crippen LogP) is 8.25. The van der Waals surface area contributed by atoms with Crippen LogP contribution in [0.5, 0.6) is 0 Å². The largest absolute Gasteiger partial charge is 0.345 e. The Morgan fingerprint density at radius 1 is 0.472 bits per heavy atom. The number of aryl methyl sites for hydroxylation is 1. The fourth-order valence-corrected chi connectivity index (χ4v) is 5.11. The van der Waals surface area contributed by atoms with Crippen LogP contribution in [0.3, 0.4) is 0 Å². The first-order valence-corrected chi connectivity index (χ1v) is 12.4. The van der Waals surface area contributed by atoms with Gasteiger partial charge in [-0.3, -0.25) is 0 Å². The van der Waals surface area contributed by atoms with E-state index in [1.807, 2.05) is 0 Å². The van der Waals surface area contributed by atoms with Crippen LogP contribution < -0.4 is 9.80 Å². The summed E-state index contributed by atoms with van der Waals surface area (Å²) in [7, 11) is 2.12. The molecular formula is C34H29N2+. The van der Waals surface area contributed by atoms with Gasteiger partial charge in [0.15, 0.2) is 0 Å². The van der Waals surface area contributed by atoms with E-state index in [0.29, 0.717) is 0 Å². The van der Waals surface area contributed by atoms with Crippen molar-refractivity contribution in [2.45, 2.75) is 6.92 Å². The van der Waals surface area contributed by atoms with Gasteiger partial charge in [0.2, 0.25) is 0 Å². The summed E-state index contributed by atoms with van der Waals surface area (Å²) in [6.07, 6.45) is 0. The van der Waals surface area contributed by atoms with Crippen LogP contribution in [0.15, 0.2) is 133 Å². The molecule has 6 aromatic carbocycles. The summed E-state index contributed by atoms with van der Waals surface area (Å²) in [5.41, 5.74) is 7.34. The van der Waals surface area contributed by atoms with E-state index < -0.39 is 0 Å². The molecule has 0 atom stereocenters. The monoisotopic (exact) mass is 465 g/mol. The topological polar surface area (TPSA) is 7.68 Å². The molecule has 0 fully saturated rings. The Morgan fingerprint density at radius 2 is 0.917 bits per heavy atom. The SMILES string of the molecule is Cc1ccc(N(C)c2ccc([NH+](c3cccc4ccccc34)c3cccc4ccccc34)cc2)cc1. The maximum absolute atomic E-state index is 2.26. The molecule has 0 aliphatic carbocycles. The molecule has 2 heteroatoms. The molecule has 174 valence electrons. The number of anilines is 2. The second-order valence-electron chi connectivity index (χ2n) is 9.37. The maximum atomic E-state index is 2.26. The van der Waals surface area contributed by atoms with Gasteiger partial charge in [-0.15, -0.1) is 0 Å². The lowest BCUT2D eigenvalue weighted by Gasteiger charge is -2.23. The molecule has 0 saturated heterocycles. The molecule has 0 aromatic heterocycles. The van der Waals surface area contributed by atoms with E-state index in [-0.39, 0.29) is 0 Å². The summed E-state index contributed by atoms with van der Waals surface area (Å²) in [6.45, 7) is 2.12. The van der Waals surface area contributed by atoms with E-state index >= 15 is 0 Å². The van der Waals surface area contributed by atoms with Crippen molar-refractivity contribution in [1.82, 2.24) is 0 Å². The van der Waals surface area contributed by atoms with Gasteiger partial charge in [0, 0.05) is 53.5 Å². The van der Waals surface area contributed by atoms with Crippen molar-refractivity contribution < 1.29 is 4.90 Å². The van der Waals surface area contributed by atoms with Gasteiger partial charge in [0.1, 0.15) is 17.1 Å². The van der Waals surface area contributed by atoms with Crippen molar-refractivity contribution in [2.24, 2.45) is 0 Å². The standard InChI is InChI=1S/C34H28N2/c1-25-17-19-28(20-18-25)35(2)29-21-23-30(24-22-29)36(33-15-7-11-26-9-3-5-13-31(26)33)34-16-8-12-27-10-4-6-14-32(27)34/h3-24H,1-2H3/p+1. The number of rotatable bonds is 5. The average molecular weight is 466 g/mol. The Kier molecular flexibility index (Phi) is 5.73.